The zero-order chi connectivity index (χ0) is 21.3. The molecule has 2 aromatic carbocycles. The summed E-state index contributed by atoms with van der Waals surface area (Å²) in [6, 6.07) is 8.53. The predicted octanol–water partition coefficient (Wildman–Crippen LogP) is 6.92. The molecule has 29 heavy (non-hydrogen) atoms. The fraction of sp³-hybridized carbons (Fsp3) is 0.600. The van der Waals surface area contributed by atoms with E-state index < -0.39 is 18.4 Å². The molecule has 0 spiro atoms. The Balaban J connectivity index is 2.84. The molecule has 162 valence electrons. The molecule has 0 heterocycles. The van der Waals surface area contributed by atoms with Crippen molar-refractivity contribution in [1.82, 2.24) is 0 Å². The normalized spacial score (nSPS) is 11.7. The van der Waals surface area contributed by atoms with Crippen LogP contribution in [0.3, 0.4) is 0 Å². The average molecular weight is 507 g/mol. The van der Waals surface area contributed by atoms with Gasteiger partial charge in [0.1, 0.15) is 0 Å². The number of fused-ring (bicyclic) bond motifs is 1. The Morgan fingerprint density at radius 3 is 1.72 bits per heavy atom. The van der Waals surface area contributed by atoms with E-state index in [0.717, 1.165) is 28.0 Å². The summed E-state index contributed by atoms with van der Waals surface area (Å²) in [6.07, 6.45) is 7.73. The molecule has 2 aromatic rings. The third kappa shape index (κ3) is 5.34. The molecule has 0 fully saturated rings. The second-order valence-electron chi connectivity index (χ2n) is 8.13. The summed E-state index contributed by atoms with van der Waals surface area (Å²) in [5, 5.41) is 2.16. The first kappa shape index (κ1) is 24.2. The molecule has 0 N–H and O–H groups in total. The standard InChI is InChI=1S/C13H13O3.3C4H9.Sn/c1-14-10-7-8-12(16-3)13-9(10)5-4-6-11(13)15-2;3*1-3-4-2;/h4-7H,1-3H3;3*1,3-4H2,2H3;. The van der Waals surface area contributed by atoms with Gasteiger partial charge in [-0.25, -0.2) is 0 Å². The minimum atomic E-state index is -2.72. The Labute approximate surface area is 182 Å². The van der Waals surface area contributed by atoms with Gasteiger partial charge in [0, 0.05) is 0 Å². The van der Waals surface area contributed by atoms with Gasteiger partial charge in [0.25, 0.3) is 0 Å². The number of benzene rings is 2. The van der Waals surface area contributed by atoms with Crippen LogP contribution in [-0.4, -0.2) is 39.7 Å². The van der Waals surface area contributed by atoms with Crippen LogP contribution in [-0.2, 0) is 0 Å². The van der Waals surface area contributed by atoms with Crippen molar-refractivity contribution < 1.29 is 14.2 Å². The van der Waals surface area contributed by atoms with Crippen molar-refractivity contribution in [3.63, 3.8) is 0 Å². The number of methoxy groups -OCH3 is 3. The van der Waals surface area contributed by atoms with Crippen LogP contribution in [0.2, 0.25) is 13.3 Å². The molecule has 0 aliphatic rings. The molecule has 0 radical (unpaired) electrons. The third-order valence-electron chi connectivity index (χ3n) is 6.28. The van der Waals surface area contributed by atoms with E-state index >= 15 is 0 Å². The van der Waals surface area contributed by atoms with Crippen LogP contribution in [0.4, 0.5) is 0 Å². The molecule has 0 saturated carbocycles. The average Bonchev–Trinajstić information content (AvgIpc) is 2.77. The van der Waals surface area contributed by atoms with E-state index in [-0.39, 0.29) is 0 Å². The van der Waals surface area contributed by atoms with Crippen molar-refractivity contribution in [2.75, 3.05) is 21.3 Å². The van der Waals surface area contributed by atoms with Crippen molar-refractivity contribution in [2.45, 2.75) is 72.6 Å². The van der Waals surface area contributed by atoms with Crippen molar-refractivity contribution in [3.8, 4) is 17.2 Å². The van der Waals surface area contributed by atoms with E-state index in [1.165, 1.54) is 55.4 Å². The van der Waals surface area contributed by atoms with E-state index in [4.69, 9.17) is 14.2 Å². The van der Waals surface area contributed by atoms with Gasteiger partial charge >= 0.3 is 182 Å². The van der Waals surface area contributed by atoms with E-state index in [9.17, 15) is 0 Å². The SMILES string of the molecule is CCC[CH2][Sn]([CH2]CCC)([CH2]CCC)[c]1cc(OC)c2cccc(OC)c2c1OC. The van der Waals surface area contributed by atoms with Crippen LogP contribution < -0.4 is 17.8 Å². The monoisotopic (exact) mass is 508 g/mol. The molecule has 0 saturated heterocycles. The fourth-order valence-electron chi connectivity index (χ4n) is 4.65. The number of hydrogen-bond acceptors (Lipinski definition) is 3. The van der Waals surface area contributed by atoms with Gasteiger partial charge in [-0.3, -0.25) is 0 Å². The molecule has 0 aliphatic heterocycles. The molecule has 0 unspecified atom stereocenters. The first-order chi connectivity index (χ1) is 14.1. The molecule has 3 nitrogen and oxygen atoms in total. The van der Waals surface area contributed by atoms with Gasteiger partial charge in [-0.05, 0) is 0 Å². The van der Waals surface area contributed by atoms with Gasteiger partial charge in [0.2, 0.25) is 0 Å². The zero-order valence-electron chi connectivity index (χ0n) is 19.4. The summed E-state index contributed by atoms with van der Waals surface area (Å²) in [5.41, 5.74) is 0. The van der Waals surface area contributed by atoms with Gasteiger partial charge < -0.3 is 0 Å². The predicted molar refractivity (Wildman–Crippen MR) is 128 cm³/mol. The quantitative estimate of drug-likeness (QED) is 0.276. The minimum absolute atomic E-state index is 0.876. The van der Waals surface area contributed by atoms with E-state index in [0.29, 0.717) is 0 Å². The van der Waals surface area contributed by atoms with E-state index in [2.05, 4.69) is 32.9 Å². The Morgan fingerprint density at radius 2 is 1.28 bits per heavy atom. The fourth-order valence-corrected chi connectivity index (χ4v) is 21.2. The number of rotatable bonds is 13. The van der Waals surface area contributed by atoms with Crippen LogP contribution in [0.1, 0.15) is 59.3 Å². The van der Waals surface area contributed by atoms with Crippen LogP contribution in [0.5, 0.6) is 17.2 Å². The molecule has 0 bridgehead atoms. The number of ether oxygens (including phenoxy) is 3. The molecule has 0 aliphatic carbocycles. The number of unbranched alkanes of at least 4 members (excludes halogenated alkanes) is 3. The van der Waals surface area contributed by atoms with Crippen LogP contribution in [0, 0.1) is 0 Å². The molecule has 4 heteroatoms. The van der Waals surface area contributed by atoms with Crippen molar-refractivity contribution in [1.29, 1.82) is 0 Å². The van der Waals surface area contributed by atoms with Gasteiger partial charge in [-0.1, -0.05) is 0 Å². The summed E-state index contributed by atoms with van der Waals surface area (Å²) < 4.78 is 23.5. The summed E-state index contributed by atoms with van der Waals surface area (Å²) in [7, 11) is 5.36. The van der Waals surface area contributed by atoms with Gasteiger partial charge in [0.15, 0.2) is 0 Å². The maximum absolute atomic E-state index is 6.16. The number of hydrogen-bond donors (Lipinski definition) is 0. The van der Waals surface area contributed by atoms with Crippen LogP contribution in [0.25, 0.3) is 10.8 Å². The van der Waals surface area contributed by atoms with Crippen molar-refractivity contribution in [2.24, 2.45) is 0 Å². The molecule has 2 rings (SSSR count). The molecule has 0 atom stereocenters. The van der Waals surface area contributed by atoms with Gasteiger partial charge in [-0.2, -0.15) is 0 Å². The summed E-state index contributed by atoms with van der Waals surface area (Å²) in [5.74, 6) is 2.89. The van der Waals surface area contributed by atoms with Crippen LogP contribution >= 0.6 is 0 Å². The second kappa shape index (κ2) is 11.9. The van der Waals surface area contributed by atoms with Crippen molar-refractivity contribution in [3.05, 3.63) is 24.3 Å². The first-order valence-electron chi connectivity index (χ1n) is 11.3. The van der Waals surface area contributed by atoms with Gasteiger partial charge in [0.05, 0.1) is 0 Å². The second-order valence-corrected chi connectivity index (χ2v) is 21.3. The summed E-state index contributed by atoms with van der Waals surface area (Å²) in [6.45, 7) is 6.95. The molecular weight excluding hydrogens is 467 g/mol. The van der Waals surface area contributed by atoms with Gasteiger partial charge in [-0.15, -0.1) is 0 Å². The zero-order valence-corrected chi connectivity index (χ0v) is 22.3. The van der Waals surface area contributed by atoms with E-state index in [1.807, 2.05) is 19.2 Å². The van der Waals surface area contributed by atoms with E-state index in [1.54, 1.807) is 14.2 Å². The topological polar surface area (TPSA) is 27.7 Å². The molecule has 0 amide bonds. The molecular formula is C25H40O3Sn. The molecule has 0 aromatic heterocycles. The van der Waals surface area contributed by atoms with Crippen LogP contribution in [0.15, 0.2) is 24.3 Å². The Bertz CT molecular complexity index is 750. The summed E-state index contributed by atoms with van der Waals surface area (Å²) in [4.78, 5) is 0. The first-order valence-corrected chi connectivity index (χ1v) is 18.8. The van der Waals surface area contributed by atoms with Crippen molar-refractivity contribution >= 4 is 32.7 Å². The maximum atomic E-state index is 6.16. The summed E-state index contributed by atoms with van der Waals surface area (Å²) >= 11 is -2.72. The Kier molecular flexibility index (Phi) is 9.94. The Morgan fingerprint density at radius 1 is 0.724 bits per heavy atom. The third-order valence-corrected chi connectivity index (χ3v) is 21.8. The Hall–Kier alpha value is -1.10.